The van der Waals surface area contributed by atoms with Crippen LogP contribution in [0, 0.1) is 25.7 Å². The molecular weight excluding hydrogens is 288 g/mol. The molecule has 124 valence electrons. The van der Waals surface area contributed by atoms with Crippen molar-refractivity contribution in [3.63, 3.8) is 0 Å². The summed E-state index contributed by atoms with van der Waals surface area (Å²) in [6.45, 7) is 8.49. The number of anilines is 1. The summed E-state index contributed by atoms with van der Waals surface area (Å²) in [5, 5.41) is 0. The van der Waals surface area contributed by atoms with Crippen molar-refractivity contribution in [1.29, 1.82) is 0 Å². The molecule has 2 fully saturated rings. The number of hydrogen-bond acceptors (Lipinski definition) is 2. The van der Waals surface area contributed by atoms with Crippen molar-refractivity contribution < 1.29 is 9.59 Å². The Hall–Kier alpha value is -1.84. The molecule has 1 atom stereocenters. The Balaban J connectivity index is 1.72. The number of benzene rings is 1. The molecule has 2 heterocycles. The van der Waals surface area contributed by atoms with Crippen molar-refractivity contribution in [2.75, 3.05) is 24.5 Å². The standard InChI is InChI=1S/C19H26N2O2/c1-13-6-8-20(9-7-13)19(23)16-11-18(22)21(12-16)17-10-14(2)4-5-15(17)3/h4-5,10,13,16H,6-9,11-12H2,1-3H3. The van der Waals surface area contributed by atoms with Crippen LogP contribution in [0.15, 0.2) is 18.2 Å². The minimum absolute atomic E-state index is 0.0717. The number of amides is 2. The summed E-state index contributed by atoms with van der Waals surface area (Å²) in [4.78, 5) is 28.9. The number of aryl methyl sites for hydroxylation is 2. The highest BCUT2D eigenvalue weighted by Crippen LogP contribution is 2.30. The first kappa shape index (κ1) is 16.0. The van der Waals surface area contributed by atoms with Gasteiger partial charge in [-0.3, -0.25) is 9.59 Å². The monoisotopic (exact) mass is 314 g/mol. The average molecular weight is 314 g/mol. The molecule has 0 aromatic heterocycles. The predicted octanol–water partition coefficient (Wildman–Crippen LogP) is 2.91. The minimum atomic E-state index is -0.184. The van der Waals surface area contributed by atoms with Crippen molar-refractivity contribution in [2.45, 2.75) is 40.0 Å². The molecule has 0 spiro atoms. The van der Waals surface area contributed by atoms with Gasteiger partial charge in [0.05, 0.1) is 5.92 Å². The number of carbonyl (C=O) groups excluding carboxylic acids is 2. The average Bonchev–Trinajstić information content (AvgIpc) is 2.91. The van der Waals surface area contributed by atoms with Crippen LogP contribution in [0.1, 0.15) is 37.3 Å². The highest BCUT2D eigenvalue weighted by molar-refractivity contribution is 6.00. The molecule has 1 aromatic carbocycles. The lowest BCUT2D eigenvalue weighted by atomic mass is 9.97. The van der Waals surface area contributed by atoms with Crippen LogP contribution in [-0.4, -0.2) is 36.3 Å². The fourth-order valence-corrected chi connectivity index (χ4v) is 3.60. The van der Waals surface area contributed by atoms with E-state index in [4.69, 9.17) is 0 Å². The summed E-state index contributed by atoms with van der Waals surface area (Å²) in [6.07, 6.45) is 2.50. The van der Waals surface area contributed by atoms with Crippen LogP contribution in [0.3, 0.4) is 0 Å². The zero-order chi connectivity index (χ0) is 16.6. The highest BCUT2D eigenvalue weighted by Gasteiger charge is 2.38. The number of carbonyl (C=O) groups is 2. The van der Waals surface area contributed by atoms with E-state index in [1.807, 2.05) is 30.9 Å². The van der Waals surface area contributed by atoms with E-state index in [9.17, 15) is 9.59 Å². The van der Waals surface area contributed by atoms with Gasteiger partial charge in [-0.15, -0.1) is 0 Å². The van der Waals surface area contributed by atoms with Gasteiger partial charge in [0.15, 0.2) is 0 Å². The zero-order valence-electron chi connectivity index (χ0n) is 14.3. The van der Waals surface area contributed by atoms with Gasteiger partial charge in [-0.25, -0.2) is 0 Å². The molecule has 0 radical (unpaired) electrons. The third kappa shape index (κ3) is 3.26. The molecule has 2 aliphatic rings. The van der Waals surface area contributed by atoms with Gasteiger partial charge in [0.2, 0.25) is 11.8 Å². The first-order valence-corrected chi connectivity index (χ1v) is 8.62. The van der Waals surface area contributed by atoms with Crippen molar-refractivity contribution in [3.05, 3.63) is 29.3 Å². The highest BCUT2D eigenvalue weighted by atomic mass is 16.2. The van der Waals surface area contributed by atoms with E-state index in [0.29, 0.717) is 18.9 Å². The van der Waals surface area contributed by atoms with E-state index in [1.54, 1.807) is 4.90 Å². The lowest BCUT2D eigenvalue weighted by Crippen LogP contribution is -2.42. The zero-order valence-corrected chi connectivity index (χ0v) is 14.3. The van der Waals surface area contributed by atoms with Crippen LogP contribution in [0.25, 0.3) is 0 Å². The number of likely N-dealkylation sites (tertiary alicyclic amines) is 1. The van der Waals surface area contributed by atoms with Crippen molar-refractivity contribution in [1.82, 2.24) is 4.90 Å². The lowest BCUT2D eigenvalue weighted by Gasteiger charge is -2.32. The summed E-state index contributed by atoms with van der Waals surface area (Å²) in [5.41, 5.74) is 3.18. The summed E-state index contributed by atoms with van der Waals surface area (Å²) >= 11 is 0. The van der Waals surface area contributed by atoms with E-state index >= 15 is 0 Å². The Morgan fingerprint density at radius 1 is 1.17 bits per heavy atom. The Labute approximate surface area is 138 Å². The maximum absolute atomic E-state index is 12.7. The van der Waals surface area contributed by atoms with Crippen LogP contribution in [0.4, 0.5) is 5.69 Å². The van der Waals surface area contributed by atoms with Crippen molar-refractivity contribution in [2.24, 2.45) is 11.8 Å². The van der Waals surface area contributed by atoms with Crippen LogP contribution in [0.5, 0.6) is 0 Å². The van der Waals surface area contributed by atoms with Crippen molar-refractivity contribution >= 4 is 17.5 Å². The summed E-state index contributed by atoms with van der Waals surface area (Å²) in [5.74, 6) is 0.756. The van der Waals surface area contributed by atoms with Gasteiger partial charge in [-0.05, 0) is 49.8 Å². The minimum Gasteiger partial charge on any atom is -0.342 e. The summed E-state index contributed by atoms with van der Waals surface area (Å²) in [7, 11) is 0. The van der Waals surface area contributed by atoms with Gasteiger partial charge in [-0.2, -0.15) is 0 Å². The molecule has 0 aliphatic carbocycles. The first-order chi connectivity index (χ1) is 11.0. The smallest absolute Gasteiger partial charge is 0.228 e. The quantitative estimate of drug-likeness (QED) is 0.842. The Morgan fingerprint density at radius 3 is 2.57 bits per heavy atom. The fourth-order valence-electron chi connectivity index (χ4n) is 3.60. The van der Waals surface area contributed by atoms with Gasteiger partial charge in [0.1, 0.15) is 0 Å². The van der Waals surface area contributed by atoms with Gasteiger partial charge in [0.25, 0.3) is 0 Å². The summed E-state index contributed by atoms with van der Waals surface area (Å²) < 4.78 is 0. The summed E-state index contributed by atoms with van der Waals surface area (Å²) in [6, 6.07) is 6.14. The number of piperidine rings is 1. The Bertz CT molecular complexity index is 618. The third-order valence-corrected chi connectivity index (χ3v) is 5.23. The molecule has 0 N–H and O–H groups in total. The lowest BCUT2D eigenvalue weighted by molar-refractivity contribution is -0.137. The maximum atomic E-state index is 12.7. The molecule has 4 heteroatoms. The molecule has 0 bridgehead atoms. The van der Waals surface area contributed by atoms with E-state index < -0.39 is 0 Å². The second kappa shape index (κ2) is 6.34. The van der Waals surface area contributed by atoms with E-state index in [0.717, 1.165) is 42.7 Å². The van der Waals surface area contributed by atoms with Crippen LogP contribution in [-0.2, 0) is 9.59 Å². The molecule has 2 aliphatic heterocycles. The molecule has 3 rings (SSSR count). The molecule has 23 heavy (non-hydrogen) atoms. The second-order valence-corrected chi connectivity index (χ2v) is 7.20. The Kier molecular flexibility index (Phi) is 4.42. The largest absolute Gasteiger partial charge is 0.342 e. The maximum Gasteiger partial charge on any atom is 0.228 e. The van der Waals surface area contributed by atoms with E-state index in [-0.39, 0.29) is 17.7 Å². The molecular formula is C19H26N2O2. The Morgan fingerprint density at radius 2 is 1.87 bits per heavy atom. The molecule has 1 unspecified atom stereocenters. The predicted molar refractivity (Wildman–Crippen MR) is 91.4 cm³/mol. The van der Waals surface area contributed by atoms with Crippen LogP contribution < -0.4 is 4.90 Å². The van der Waals surface area contributed by atoms with Gasteiger partial charge < -0.3 is 9.80 Å². The van der Waals surface area contributed by atoms with E-state index in [1.165, 1.54) is 0 Å². The first-order valence-electron chi connectivity index (χ1n) is 8.62. The van der Waals surface area contributed by atoms with E-state index in [2.05, 4.69) is 13.0 Å². The van der Waals surface area contributed by atoms with Gasteiger partial charge in [-0.1, -0.05) is 19.1 Å². The van der Waals surface area contributed by atoms with Gasteiger partial charge >= 0.3 is 0 Å². The second-order valence-electron chi connectivity index (χ2n) is 7.20. The SMILES string of the molecule is Cc1ccc(C)c(N2CC(C(=O)N3CCC(C)CC3)CC2=O)c1. The van der Waals surface area contributed by atoms with Crippen molar-refractivity contribution in [3.8, 4) is 0 Å². The normalized spacial score (nSPS) is 22.7. The molecule has 4 nitrogen and oxygen atoms in total. The topological polar surface area (TPSA) is 40.6 Å². The molecule has 2 saturated heterocycles. The number of rotatable bonds is 2. The third-order valence-electron chi connectivity index (χ3n) is 5.23. The van der Waals surface area contributed by atoms with Crippen LogP contribution >= 0.6 is 0 Å². The molecule has 1 aromatic rings. The van der Waals surface area contributed by atoms with Crippen LogP contribution in [0.2, 0.25) is 0 Å². The van der Waals surface area contributed by atoms with Gasteiger partial charge in [0, 0.05) is 31.7 Å². The fraction of sp³-hybridized carbons (Fsp3) is 0.579. The number of hydrogen-bond donors (Lipinski definition) is 0. The molecule has 0 saturated carbocycles. The molecule has 2 amide bonds. The number of nitrogens with zero attached hydrogens (tertiary/aromatic N) is 2.